The molecule has 2 heterocycles. The van der Waals surface area contributed by atoms with Crippen molar-refractivity contribution >= 4 is 48.9 Å². The number of anilines is 1. The summed E-state index contributed by atoms with van der Waals surface area (Å²) in [5.74, 6) is 0.683. The van der Waals surface area contributed by atoms with Crippen molar-refractivity contribution in [2.75, 3.05) is 18.0 Å². The smallest absolute Gasteiger partial charge is 0.308 e. The van der Waals surface area contributed by atoms with Crippen molar-refractivity contribution in [1.82, 2.24) is 9.29 Å². The average Bonchev–Trinajstić information content (AvgIpc) is 3.19. The van der Waals surface area contributed by atoms with Crippen LogP contribution < -0.4 is 14.5 Å². The minimum Gasteiger partial charge on any atom is -0.371 e. The van der Waals surface area contributed by atoms with E-state index in [4.69, 9.17) is 11.6 Å². The number of piperidine rings is 1. The monoisotopic (exact) mass is 555 g/mol. The quantitative estimate of drug-likeness (QED) is 0.302. The molecule has 4 aromatic rings. The number of rotatable bonds is 7. The van der Waals surface area contributed by atoms with Crippen LogP contribution in [0.2, 0.25) is 5.02 Å². The first-order valence-corrected chi connectivity index (χ1v) is 15.1. The predicted octanol–water partition coefficient (Wildman–Crippen LogP) is 6.04. The van der Waals surface area contributed by atoms with Crippen molar-refractivity contribution < 1.29 is 8.42 Å². The van der Waals surface area contributed by atoms with Gasteiger partial charge in [-0.25, -0.2) is 13.1 Å². The van der Waals surface area contributed by atoms with Gasteiger partial charge in [-0.1, -0.05) is 60.2 Å². The molecule has 0 aliphatic carbocycles. The van der Waals surface area contributed by atoms with Crippen molar-refractivity contribution in [3.8, 4) is 0 Å². The molecule has 3 aromatic carbocycles. The normalized spacial score (nSPS) is 17.3. The zero-order valence-corrected chi connectivity index (χ0v) is 23.2. The molecule has 1 aromatic heterocycles. The van der Waals surface area contributed by atoms with Crippen LogP contribution in [0.25, 0.3) is 10.2 Å². The maximum Gasteiger partial charge on any atom is 0.308 e. The summed E-state index contributed by atoms with van der Waals surface area (Å²) in [5, 5.41) is 0.588. The number of benzene rings is 3. The fraction of sp³-hybridized carbons (Fsp3) is 0.321. The van der Waals surface area contributed by atoms with Crippen molar-refractivity contribution in [1.29, 1.82) is 0 Å². The third-order valence-corrected chi connectivity index (χ3v) is 9.83. The lowest BCUT2D eigenvalue weighted by Gasteiger charge is -2.33. The third kappa shape index (κ3) is 5.62. The molecule has 6 nitrogen and oxygen atoms in total. The molecule has 37 heavy (non-hydrogen) atoms. The molecule has 5 rings (SSSR count). The van der Waals surface area contributed by atoms with E-state index in [9.17, 15) is 13.2 Å². The summed E-state index contributed by atoms with van der Waals surface area (Å²) >= 11 is 7.31. The van der Waals surface area contributed by atoms with Crippen LogP contribution >= 0.6 is 22.9 Å². The SMILES string of the molecule is C[C@H]1CCCN(c2ccc([C@@H](C)NS(=O)(=O)c3ccc4c(c3)sc(=O)n4Cc3ccccc3Cl)cc2)C1. The number of sulfonamides is 1. The fourth-order valence-corrected chi connectivity index (χ4v) is 7.38. The van der Waals surface area contributed by atoms with Crippen molar-refractivity contribution in [2.45, 2.75) is 44.2 Å². The fourth-order valence-electron chi connectivity index (χ4n) is 4.93. The van der Waals surface area contributed by atoms with E-state index in [1.54, 1.807) is 28.8 Å². The van der Waals surface area contributed by atoms with Crippen molar-refractivity contribution in [3.05, 3.63) is 92.5 Å². The highest BCUT2D eigenvalue weighted by Crippen LogP contribution is 2.27. The summed E-state index contributed by atoms with van der Waals surface area (Å²) in [6, 6.07) is 19.9. The second-order valence-corrected chi connectivity index (χ2v) is 12.9. The Bertz CT molecular complexity index is 1580. The van der Waals surface area contributed by atoms with E-state index < -0.39 is 16.1 Å². The lowest BCUT2D eigenvalue weighted by molar-refractivity contribution is 0.447. The largest absolute Gasteiger partial charge is 0.371 e. The summed E-state index contributed by atoms with van der Waals surface area (Å²) in [5.41, 5.74) is 3.59. The Hall–Kier alpha value is -2.65. The Balaban J connectivity index is 1.33. The minimum absolute atomic E-state index is 0.136. The molecule has 1 saturated heterocycles. The third-order valence-electron chi connectivity index (χ3n) is 6.98. The van der Waals surface area contributed by atoms with E-state index in [2.05, 4.69) is 28.7 Å². The number of nitrogens with zero attached hydrogens (tertiary/aromatic N) is 2. The summed E-state index contributed by atoms with van der Waals surface area (Å²) in [6.45, 7) is 6.55. The van der Waals surface area contributed by atoms with Gasteiger partial charge in [0.15, 0.2) is 0 Å². The first kappa shape index (κ1) is 26.0. The minimum atomic E-state index is -3.79. The molecular weight excluding hydrogens is 526 g/mol. The van der Waals surface area contributed by atoms with Gasteiger partial charge >= 0.3 is 4.87 Å². The van der Waals surface area contributed by atoms with Gasteiger partial charge in [-0.3, -0.25) is 9.36 Å². The number of thiazole rings is 1. The van der Waals surface area contributed by atoms with Gasteiger partial charge < -0.3 is 4.90 Å². The molecule has 0 saturated carbocycles. The predicted molar refractivity (Wildman–Crippen MR) is 152 cm³/mol. The van der Waals surface area contributed by atoms with Gasteiger partial charge in [-0.05, 0) is 73.2 Å². The molecule has 0 unspecified atom stereocenters. The van der Waals surface area contributed by atoms with Crippen molar-refractivity contribution in [2.24, 2.45) is 5.92 Å². The van der Waals surface area contributed by atoms with E-state index >= 15 is 0 Å². The summed E-state index contributed by atoms with van der Waals surface area (Å²) < 4.78 is 31.5. The summed E-state index contributed by atoms with van der Waals surface area (Å²) in [6.07, 6.45) is 2.46. The van der Waals surface area contributed by atoms with Crippen LogP contribution in [-0.4, -0.2) is 26.1 Å². The topological polar surface area (TPSA) is 71.4 Å². The van der Waals surface area contributed by atoms with Crippen LogP contribution in [0.15, 0.2) is 76.4 Å². The van der Waals surface area contributed by atoms with Crippen LogP contribution in [0, 0.1) is 5.92 Å². The van der Waals surface area contributed by atoms with Gasteiger partial charge in [-0.15, -0.1) is 0 Å². The highest BCUT2D eigenvalue weighted by atomic mass is 35.5. The maximum atomic E-state index is 13.2. The number of nitrogens with one attached hydrogen (secondary N) is 1. The van der Waals surface area contributed by atoms with Crippen LogP contribution in [0.1, 0.15) is 43.9 Å². The molecule has 1 N–H and O–H groups in total. The lowest BCUT2D eigenvalue weighted by atomic mass is 9.99. The van der Waals surface area contributed by atoms with Crippen LogP contribution in [0.4, 0.5) is 5.69 Å². The molecule has 0 amide bonds. The Morgan fingerprint density at radius 1 is 1.11 bits per heavy atom. The Morgan fingerprint density at radius 3 is 2.59 bits per heavy atom. The highest BCUT2D eigenvalue weighted by Gasteiger charge is 2.21. The number of fused-ring (bicyclic) bond motifs is 1. The summed E-state index contributed by atoms with van der Waals surface area (Å²) in [7, 11) is -3.79. The standard InChI is InChI=1S/C28H30ClN3O3S2/c1-19-6-5-15-31(17-19)23-11-9-21(10-12-23)20(2)30-37(34,35)24-13-14-26-27(16-24)36-28(33)32(26)18-22-7-3-4-8-25(22)29/h3-4,7-14,16,19-20,30H,5-6,15,17-18H2,1-2H3/t19-,20+/m0/s1. The molecule has 9 heteroatoms. The summed E-state index contributed by atoms with van der Waals surface area (Å²) in [4.78, 5) is 15.1. The average molecular weight is 556 g/mol. The van der Waals surface area contributed by atoms with Crippen LogP contribution in [-0.2, 0) is 16.6 Å². The van der Waals surface area contributed by atoms with Crippen molar-refractivity contribution in [3.63, 3.8) is 0 Å². The molecule has 2 atom stereocenters. The van der Waals surface area contributed by atoms with Gasteiger partial charge in [0.05, 0.1) is 21.7 Å². The molecule has 0 spiro atoms. The van der Waals surface area contributed by atoms with E-state index in [1.807, 2.05) is 37.3 Å². The second kappa shape index (κ2) is 10.6. The van der Waals surface area contributed by atoms with E-state index in [0.717, 1.165) is 35.6 Å². The first-order valence-electron chi connectivity index (χ1n) is 12.5. The Kier molecular flexibility index (Phi) is 7.45. The van der Waals surface area contributed by atoms with Crippen LogP contribution in [0.3, 0.4) is 0 Å². The van der Waals surface area contributed by atoms with Gasteiger partial charge in [0.2, 0.25) is 10.0 Å². The molecule has 194 valence electrons. The van der Waals surface area contributed by atoms with Gasteiger partial charge in [-0.2, -0.15) is 0 Å². The number of halogens is 1. The van der Waals surface area contributed by atoms with E-state index in [-0.39, 0.29) is 9.77 Å². The molecule has 0 radical (unpaired) electrons. The highest BCUT2D eigenvalue weighted by molar-refractivity contribution is 7.89. The molecule has 0 bridgehead atoms. The molecule has 1 fully saturated rings. The van der Waals surface area contributed by atoms with Gasteiger partial charge in [0.25, 0.3) is 0 Å². The Morgan fingerprint density at radius 2 is 1.86 bits per heavy atom. The second-order valence-electron chi connectivity index (χ2n) is 9.80. The zero-order valence-electron chi connectivity index (χ0n) is 20.9. The molecule has 1 aliphatic rings. The maximum absolute atomic E-state index is 13.2. The molecule has 1 aliphatic heterocycles. The number of hydrogen-bond acceptors (Lipinski definition) is 5. The number of aromatic nitrogens is 1. The van der Waals surface area contributed by atoms with Gasteiger partial charge in [0.1, 0.15) is 0 Å². The van der Waals surface area contributed by atoms with Crippen LogP contribution in [0.5, 0.6) is 0 Å². The zero-order chi connectivity index (χ0) is 26.2. The Labute approximate surface area is 226 Å². The first-order chi connectivity index (χ1) is 17.7. The van der Waals surface area contributed by atoms with E-state index in [1.165, 1.54) is 18.5 Å². The lowest BCUT2D eigenvalue weighted by Crippen LogP contribution is -2.34. The molecular formula is C28H30ClN3O3S2. The van der Waals surface area contributed by atoms with Gasteiger partial charge in [0, 0.05) is 29.8 Å². The number of hydrogen-bond donors (Lipinski definition) is 1. The van der Waals surface area contributed by atoms with E-state index in [0.29, 0.717) is 27.7 Å².